The average Bonchev–Trinajstić information content (AvgIpc) is 2.78. The third kappa shape index (κ3) is 7.13. The molecule has 2 aliphatic rings. The van der Waals surface area contributed by atoms with Crippen molar-refractivity contribution in [2.24, 2.45) is 11.8 Å². The van der Waals surface area contributed by atoms with Gasteiger partial charge in [-0.15, -0.1) is 0 Å². The van der Waals surface area contributed by atoms with Gasteiger partial charge in [0.05, 0.1) is 10.6 Å². The fraction of sp³-hybridized carbons (Fsp3) is 0.667. The summed E-state index contributed by atoms with van der Waals surface area (Å²) in [4.78, 5) is 30.7. The number of amides is 2. The largest absolute Gasteiger partial charge is 0.341 e. The Morgan fingerprint density at radius 2 is 1.94 bits per heavy atom. The highest BCUT2D eigenvalue weighted by Crippen LogP contribution is 2.23. The molecule has 1 aromatic rings. The van der Waals surface area contributed by atoms with E-state index < -0.39 is 6.04 Å². The van der Waals surface area contributed by atoms with Gasteiger partial charge >= 0.3 is 0 Å². The van der Waals surface area contributed by atoms with E-state index in [0.717, 1.165) is 37.7 Å². The number of hydrogen-bond acceptors (Lipinski definition) is 4. The number of carbonyl (C=O) groups excluding carboxylic acids is 2. The Kier molecular flexibility index (Phi) is 9.54. The minimum atomic E-state index is -0.509. The molecule has 2 amide bonds. The maximum Gasteiger partial charge on any atom is 0.253 e. The van der Waals surface area contributed by atoms with Crippen LogP contribution in [0.15, 0.2) is 24.3 Å². The lowest BCUT2D eigenvalue weighted by atomic mass is 9.94. The molecule has 2 fully saturated rings. The maximum atomic E-state index is 13.4. The maximum absolute atomic E-state index is 13.4. The summed E-state index contributed by atoms with van der Waals surface area (Å²) in [5.41, 5.74) is 0.418. The van der Waals surface area contributed by atoms with Crippen molar-refractivity contribution < 1.29 is 9.59 Å². The SMILES string of the molecule is CSCCC(NC(=O)c1ccccc1Cl)C(=O)N1CCCC(CN2CCC(C)CC2)C1. The van der Waals surface area contributed by atoms with Crippen LogP contribution in [-0.4, -0.2) is 72.4 Å². The second kappa shape index (κ2) is 12.1. The summed E-state index contributed by atoms with van der Waals surface area (Å²) in [7, 11) is 0. The molecule has 0 radical (unpaired) electrons. The van der Waals surface area contributed by atoms with Crippen molar-refractivity contribution in [1.29, 1.82) is 0 Å². The number of nitrogens with zero attached hydrogens (tertiary/aromatic N) is 2. The van der Waals surface area contributed by atoms with Crippen LogP contribution in [0.3, 0.4) is 0 Å². The average molecular weight is 466 g/mol. The molecule has 2 unspecified atom stereocenters. The van der Waals surface area contributed by atoms with Gasteiger partial charge in [-0.3, -0.25) is 9.59 Å². The lowest BCUT2D eigenvalue weighted by molar-refractivity contribution is -0.135. The van der Waals surface area contributed by atoms with Crippen LogP contribution >= 0.6 is 23.4 Å². The zero-order valence-corrected chi connectivity index (χ0v) is 20.4. The highest BCUT2D eigenvalue weighted by atomic mass is 35.5. The van der Waals surface area contributed by atoms with E-state index in [1.165, 1.54) is 32.4 Å². The van der Waals surface area contributed by atoms with Crippen molar-refractivity contribution >= 4 is 35.2 Å². The van der Waals surface area contributed by atoms with Crippen LogP contribution in [0.25, 0.3) is 0 Å². The zero-order valence-electron chi connectivity index (χ0n) is 18.8. The van der Waals surface area contributed by atoms with E-state index in [4.69, 9.17) is 11.6 Å². The summed E-state index contributed by atoms with van der Waals surface area (Å²) in [6, 6.07) is 6.48. The van der Waals surface area contributed by atoms with Crippen molar-refractivity contribution in [2.45, 2.75) is 45.1 Å². The second-order valence-electron chi connectivity index (χ2n) is 9.06. The lowest BCUT2D eigenvalue weighted by Gasteiger charge is -2.39. The Labute approximate surface area is 196 Å². The van der Waals surface area contributed by atoms with Gasteiger partial charge in [0.25, 0.3) is 5.91 Å². The van der Waals surface area contributed by atoms with Crippen molar-refractivity contribution in [2.75, 3.05) is 44.7 Å². The smallest absolute Gasteiger partial charge is 0.253 e. The summed E-state index contributed by atoms with van der Waals surface area (Å²) in [6.07, 6.45) is 7.42. The number of piperidine rings is 2. The van der Waals surface area contributed by atoms with Crippen LogP contribution in [-0.2, 0) is 4.79 Å². The Morgan fingerprint density at radius 3 is 2.65 bits per heavy atom. The Morgan fingerprint density at radius 1 is 1.19 bits per heavy atom. The first kappa shape index (κ1) is 24.4. The van der Waals surface area contributed by atoms with Crippen LogP contribution in [0.4, 0.5) is 0 Å². The van der Waals surface area contributed by atoms with Crippen molar-refractivity contribution in [3.8, 4) is 0 Å². The van der Waals surface area contributed by atoms with Gasteiger partial charge < -0.3 is 15.1 Å². The number of halogens is 1. The van der Waals surface area contributed by atoms with Crippen molar-refractivity contribution in [1.82, 2.24) is 15.1 Å². The first-order valence-corrected chi connectivity index (χ1v) is 13.3. The molecule has 5 nitrogen and oxygen atoms in total. The molecular formula is C24H36ClN3O2S. The molecule has 2 aliphatic heterocycles. The minimum absolute atomic E-state index is 0.0476. The molecule has 172 valence electrons. The first-order chi connectivity index (χ1) is 15.0. The topological polar surface area (TPSA) is 52.7 Å². The van der Waals surface area contributed by atoms with E-state index in [1.807, 2.05) is 11.2 Å². The molecule has 31 heavy (non-hydrogen) atoms. The van der Waals surface area contributed by atoms with Crippen LogP contribution in [0.2, 0.25) is 5.02 Å². The number of carbonyl (C=O) groups is 2. The van der Waals surface area contributed by atoms with Crippen molar-refractivity contribution in [3.05, 3.63) is 34.9 Å². The van der Waals surface area contributed by atoms with Gasteiger partial charge in [0, 0.05) is 19.6 Å². The third-order valence-electron chi connectivity index (χ3n) is 6.56. The van der Waals surface area contributed by atoms with Gasteiger partial charge in [0.15, 0.2) is 0 Å². The van der Waals surface area contributed by atoms with E-state index in [0.29, 0.717) is 22.9 Å². The number of thioether (sulfide) groups is 1. The molecule has 7 heteroatoms. The highest BCUT2D eigenvalue weighted by Gasteiger charge is 2.31. The fourth-order valence-corrected chi connectivity index (χ4v) is 5.31. The molecule has 0 spiro atoms. The van der Waals surface area contributed by atoms with Gasteiger partial charge in [-0.05, 0) is 81.2 Å². The monoisotopic (exact) mass is 465 g/mol. The fourth-order valence-electron chi connectivity index (χ4n) is 4.62. The highest BCUT2D eigenvalue weighted by molar-refractivity contribution is 7.98. The van der Waals surface area contributed by atoms with E-state index in [1.54, 1.807) is 36.0 Å². The Bertz CT molecular complexity index is 739. The molecule has 0 saturated carbocycles. The number of hydrogen-bond donors (Lipinski definition) is 1. The number of nitrogens with one attached hydrogen (secondary N) is 1. The molecule has 2 saturated heterocycles. The summed E-state index contributed by atoms with van der Waals surface area (Å²) >= 11 is 7.88. The van der Waals surface area contributed by atoms with Gasteiger partial charge in [-0.2, -0.15) is 11.8 Å². The molecule has 0 bridgehead atoms. The van der Waals surface area contributed by atoms with E-state index in [-0.39, 0.29) is 11.8 Å². The third-order valence-corrected chi connectivity index (χ3v) is 7.53. The van der Waals surface area contributed by atoms with E-state index in [2.05, 4.69) is 17.1 Å². The molecule has 1 N–H and O–H groups in total. The van der Waals surface area contributed by atoms with Crippen LogP contribution in [0.1, 0.15) is 49.4 Å². The second-order valence-corrected chi connectivity index (χ2v) is 10.5. The predicted octanol–water partition coefficient (Wildman–Crippen LogP) is 4.16. The van der Waals surface area contributed by atoms with Crippen molar-refractivity contribution in [3.63, 3.8) is 0 Å². The van der Waals surface area contributed by atoms with Gasteiger partial charge in [0.1, 0.15) is 6.04 Å². The van der Waals surface area contributed by atoms with Gasteiger partial charge in [-0.25, -0.2) is 0 Å². The number of benzene rings is 1. The van der Waals surface area contributed by atoms with E-state index >= 15 is 0 Å². The molecule has 0 aliphatic carbocycles. The molecular weight excluding hydrogens is 430 g/mol. The summed E-state index contributed by atoms with van der Waals surface area (Å²) in [6.45, 7) is 7.35. The summed E-state index contributed by atoms with van der Waals surface area (Å²) in [5.74, 6) is 1.95. The normalized spacial score (nSPS) is 21.6. The standard InChI is InChI=1S/C24H36ClN3O2S/c1-18-9-13-27(14-10-18)16-19-6-5-12-28(17-19)24(30)22(11-15-31-2)26-23(29)20-7-3-4-8-21(20)25/h3-4,7-8,18-19,22H,5-6,9-17H2,1-2H3,(H,26,29). The quantitative estimate of drug-likeness (QED) is 0.626. The Balaban J connectivity index is 1.60. The van der Waals surface area contributed by atoms with E-state index in [9.17, 15) is 9.59 Å². The Hall–Kier alpha value is -1.24. The number of likely N-dealkylation sites (tertiary alicyclic amines) is 2. The van der Waals surface area contributed by atoms with Crippen LogP contribution in [0, 0.1) is 11.8 Å². The first-order valence-electron chi connectivity index (χ1n) is 11.5. The zero-order chi connectivity index (χ0) is 22.2. The summed E-state index contributed by atoms with van der Waals surface area (Å²) in [5, 5.41) is 3.38. The van der Waals surface area contributed by atoms with Gasteiger partial charge in [0.2, 0.25) is 5.91 Å². The van der Waals surface area contributed by atoms with Gasteiger partial charge in [-0.1, -0.05) is 30.7 Å². The lowest BCUT2D eigenvalue weighted by Crippen LogP contribution is -2.52. The molecule has 1 aromatic carbocycles. The minimum Gasteiger partial charge on any atom is -0.341 e. The molecule has 2 atom stereocenters. The molecule has 3 rings (SSSR count). The van der Waals surface area contributed by atoms with Crippen LogP contribution in [0.5, 0.6) is 0 Å². The molecule has 2 heterocycles. The number of rotatable bonds is 8. The van der Waals surface area contributed by atoms with Crippen LogP contribution < -0.4 is 5.32 Å². The summed E-state index contributed by atoms with van der Waals surface area (Å²) < 4.78 is 0. The molecule has 0 aromatic heterocycles. The predicted molar refractivity (Wildman–Crippen MR) is 130 cm³/mol.